The van der Waals surface area contributed by atoms with E-state index in [2.05, 4.69) is 23.3 Å². The van der Waals surface area contributed by atoms with Crippen LogP contribution in [0.15, 0.2) is 53.4 Å². The fraction of sp³-hybridized carbons (Fsp3) is 0.0667. The van der Waals surface area contributed by atoms with Gasteiger partial charge in [-0.05, 0) is 48.5 Å². The fourth-order valence-corrected chi connectivity index (χ4v) is 1.81. The van der Waals surface area contributed by atoms with Crippen LogP contribution in [-0.2, 0) is 4.79 Å². The number of amides is 2. The highest BCUT2D eigenvalue weighted by Crippen LogP contribution is 2.15. The van der Waals surface area contributed by atoms with Gasteiger partial charge in [-0.25, -0.2) is 0 Å². The zero-order chi connectivity index (χ0) is 14.5. The van der Waals surface area contributed by atoms with Crippen LogP contribution in [0.5, 0.6) is 0 Å². The summed E-state index contributed by atoms with van der Waals surface area (Å²) in [6.45, 7) is 1.45. The second-order valence-electron chi connectivity index (χ2n) is 4.26. The van der Waals surface area contributed by atoms with Crippen molar-refractivity contribution in [3.05, 3.63) is 54.1 Å². The highest BCUT2D eigenvalue weighted by Gasteiger charge is 2.05. The summed E-state index contributed by atoms with van der Waals surface area (Å²) in [5, 5.41) is 5.44. The molecule has 0 aromatic heterocycles. The van der Waals surface area contributed by atoms with Gasteiger partial charge in [0.05, 0.1) is 0 Å². The standard InChI is InChI=1S/C15H14N2O2S/c1-10(18)16-12-4-6-13(7-5-12)17-15(19)11-2-8-14(20)9-3-11/h2-9,20H,1H3,(H,16,18)(H,17,19). The maximum atomic E-state index is 12.0. The molecule has 2 aromatic rings. The molecule has 0 heterocycles. The smallest absolute Gasteiger partial charge is 0.255 e. The lowest BCUT2D eigenvalue weighted by Gasteiger charge is -2.07. The molecule has 0 radical (unpaired) electrons. The third-order valence-corrected chi connectivity index (χ3v) is 2.89. The lowest BCUT2D eigenvalue weighted by molar-refractivity contribution is -0.114. The zero-order valence-electron chi connectivity index (χ0n) is 10.9. The predicted molar refractivity (Wildman–Crippen MR) is 82.4 cm³/mol. The zero-order valence-corrected chi connectivity index (χ0v) is 11.8. The number of anilines is 2. The summed E-state index contributed by atoms with van der Waals surface area (Å²) in [5.41, 5.74) is 1.92. The van der Waals surface area contributed by atoms with E-state index in [0.29, 0.717) is 16.9 Å². The van der Waals surface area contributed by atoms with Crippen molar-refractivity contribution in [1.82, 2.24) is 0 Å². The van der Waals surface area contributed by atoms with Crippen molar-refractivity contribution < 1.29 is 9.59 Å². The van der Waals surface area contributed by atoms with E-state index in [4.69, 9.17) is 0 Å². The fourth-order valence-electron chi connectivity index (χ4n) is 1.66. The van der Waals surface area contributed by atoms with E-state index in [1.165, 1.54) is 6.92 Å². The Hall–Kier alpha value is -2.27. The van der Waals surface area contributed by atoms with Gasteiger partial charge in [0.2, 0.25) is 5.91 Å². The Bertz CT molecular complexity index is 621. The molecule has 0 aliphatic heterocycles. The molecule has 0 aliphatic carbocycles. The van der Waals surface area contributed by atoms with Crippen LogP contribution in [0.4, 0.5) is 11.4 Å². The van der Waals surface area contributed by atoms with Crippen molar-refractivity contribution in [2.45, 2.75) is 11.8 Å². The van der Waals surface area contributed by atoms with E-state index >= 15 is 0 Å². The second-order valence-corrected chi connectivity index (χ2v) is 4.78. The lowest BCUT2D eigenvalue weighted by atomic mass is 10.2. The van der Waals surface area contributed by atoms with Crippen LogP contribution < -0.4 is 10.6 Å². The third-order valence-electron chi connectivity index (χ3n) is 2.59. The number of benzene rings is 2. The molecule has 2 rings (SSSR count). The van der Waals surface area contributed by atoms with Crippen molar-refractivity contribution in [2.24, 2.45) is 0 Å². The maximum Gasteiger partial charge on any atom is 0.255 e. The van der Waals surface area contributed by atoms with Gasteiger partial charge < -0.3 is 10.6 Å². The largest absolute Gasteiger partial charge is 0.326 e. The summed E-state index contributed by atoms with van der Waals surface area (Å²) in [5.74, 6) is -0.320. The highest BCUT2D eigenvalue weighted by molar-refractivity contribution is 7.80. The van der Waals surface area contributed by atoms with Crippen molar-refractivity contribution in [3.63, 3.8) is 0 Å². The molecule has 0 atom stereocenters. The molecule has 102 valence electrons. The minimum atomic E-state index is -0.189. The first-order valence-corrected chi connectivity index (χ1v) is 6.47. The quantitative estimate of drug-likeness (QED) is 0.759. The Labute approximate surface area is 122 Å². The Morgan fingerprint density at radius 1 is 0.850 bits per heavy atom. The number of rotatable bonds is 3. The molecule has 20 heavy (non-hydrogen) atoms. The van der Waals surface area contributed by atoms with Gasteiger partial charge in [-0.3, -0.25) is 9.59 Å². The topological polar surface area (TPSA) is 58.2 Å². The molecule has 2 amide bonds. The molecular weight excluding hydrogens is 272 g/mol. The number of carbonyl (C=O) groups excluding carboxylic acids is 2. The van der Waals surface area contributed by atoms with Gasteiger partial charge >= 0.3 is 0 Å². The molecule has 5 heteroatoms. The van der Waals surface area contributed by atoms with Gasteiger partial charge in [-0.1, -0.05) is 0 Å². The van der Waals surface area contributed by atoms with Gasteiger partial charge in [-0.2, -0.15) is 0 Å². The first-order valence-electron chi connectivity index (χ1n) is 6.02. The molecule has 2 N–H and O–H groups in total. The molecule has 0 saturated heterocycles. The first kappa shape index (κ1) is 14.1. The van der Waals surface area contributed by atoms with Crippen LogP contribution >= 0.6 is 12.6 Å². The summed E-state index contributed by atoms with van der Waals surface area (Å²) < 4.78 is 0. The molecular formula is C15H14N2O2S. The van der Waals surface area contributed by atoms with Gasteiger partial charge in [0, 0.05) is 28.8 Å². The van der Waals surface area contributed by atoms with Gasteiger partial charge in [0.15, 0.2) is 0 Å². The van der Waals surface area contributed by atoms with Crippen LogP contribution in [-0.4, -0.2) is 11.8 Å². The molecule has 4 nitrogen and oxygen atoms in total. The summed E-state index contributed by atoms with van der Waals surface area (Å²) in [4.78, 5) is 23.7. The number of carbonyl (C=O) groups is 2. The second kappa shape index (κ2) is 6.25. The first-order chi connectivity index (χ1) is 9.54. The molecule has 0 fully saturated rings. The maximum absolute atomic E-state index is 12.0. The van der Waals surface area contributed by atoms with Gasteiger partial charge in [0.25, 0.3) is 5.91 Å². The molecule has 0 aliphatic rings. The van der Waals surface area contributed by atoms with Crippen LogP contribution in [0.3, 0.4) is 0 Å². The Balaban J connectivity index is 2.04. The van der Waals surface area contributed by atoms with Gasteiger partial charge in [-0.15, -0.1) is 12.6 Å². The number of thiol groups is 1. The van der Waals surface area contributed by atoms with Crippen molar-refractivity contribution in [1.29, 1.82) is 0 Å². The SMILES string of the molecule is CC(=O)Nc1ccc(NC(=O)c2ccc(S)cc2)cc1. The summed E-state index contributed by atoms with van der Waals surface area (Å²) in [6.07, 6.45) is 0. The normalized spacial score (nSPS) is 9.90. The number of hydrogen-bond acceptors (Lipinski definition) is 3. The Morgan fingerprint density at radius 2 is 1.35 bits per heavy atom. The minimum absolute atomic E-state index is 0.131. The number of nitrogens with one attached hydrogen (secondary N) is 2. The van der Waals surface area contributed by atoms with E-state index in [1.54, 1.807) is 48.5 Å². The molecule has 2 aromatic carbocycles. The van der Waals surface area contributed by atoms with Crippen LogP contribution in [0.2, 0.25) is 0 Å². The molecule has 0 bridgehead atoms. The van der Waals surface area contributed by atoms with Crippen LogP contribution in [0.25, 0.3) is 0 Å². The monoisotopic (exact) mass is 286 g/mol. The predicted octanol–water partition coefficient (Wildman–Crippen LogP) is 3.19. The minimum Gasteiger partial charge on any atom is -0.326 e. The van der Waals surface area contributed by atoms with Crippen LogP contribution in [0, 0.1) is 0 Å². The van der Waals surface area contributed by atoms with E-state index in [-0.39, 0.29) is 11.8 Å². The Kier molecular flexibility index (Phi) is 4.42. The van der Waals surface area contributed by atoms with E-state index in [0.717, 1.165) is 4.90 Å². The third kappa shape index (κ3) is 3.86. The summed E-state index contributed by atoms with van der Waals surface area (Å²) in [7, 11) is 0. The molecule has 0 spiro atoms. The van der Waals surface area contributed by atoms with E-state index < -0.39 is 0 Å². The van der Waals surface area contributed by atoms with Gasteiger partial charge in [0.1, 0.15) is 0 Å². The van der Waals surface area contributed by atoms with Crippen LogP contribution in [0.1, 0.15) is 17.3 Å². The summed E-state index contributed by atoms with van der Waals surface area (Å²) >= 11 is 4.17. The summed E-state index contributed by atoms with van der Waals surface area (Å²) in [6, 6.07) is 13.9. The van der Waals surface area contributed by atoms with Crippen molar-refractivity contribution >= 4 is 35.8 Å². The van der Waals surface area contributed by atoms with Crippen molar-refractivity contribution in [2.75, 3.05) is 10.6 Å². The van der Waals surface area contributed by atoms with Crippen molar-refractivity contribution in [3.8, 4) is 0 Å². The molecule has 0 saturated carbocycles. The average Bonchev–Trinajstić information content (AvgIpc) is 2.41. The Morgan fingerprint density at radius 3 is 1.85 bits per heavy atom. The number of hydrogen-bond donors (Lipinski definition) is 3. The van der Waals surface area contributed by atoms with E-state index in [1.807, 2.05) is 0 Å². The lowest BCUT2D eigenvalue weighted by Crippen LogP contribution is -2.12. The molecule has 0 unspecified atom stereocenters. The van der Waals surface area contributed by atoms with E-state index in [9.17, 15) is 9.59 Å². The highest BCUT2D eigenvalue weighted by atomic mass is 32.1. The average molecular weight is 286 g/mol.